The number of hydrogen-bond acceptors (Lipinski definition) is 5. The van der Waals surface area contributed by atoms with Gasteiger partial charge in [-0.25, -0.2) is 4.98 Å². The van der Waals surface area contributed by atoms with Crippen molar-refractivity contribution in [3.63, 3.8) is 0 Å². The van der Waals surface area contributed by atoms with Gasteiger partial charge in [-0.2, -0.15) is 0 Å². The number of pyridine rings is 1. The second kappa shape index (κ2) is 8.37. The maximum absolute atomic E-state index is 6.02. The summed E-state index contributed by atoms with van der Waals surface area (Å²) in [6, 6.07) is 1.65. The van der Waals surface area contributed by atoms with Crippen LogP contribution in [0.2, 0.25) is 10.0 Å². The van der Waals surface area contributed by atoms with Crippen LogP contribution in [0.4, 0.5) is 11.6 Å². The number of aromatic nitrogens is 1. The van der Waals surface area contributed by atoms with Gasteiger partial charge in [0.25, 0.3) is 0 Å². The normalized spacial score (nSPS) is 10.4. The van der Waals surface area contributed by atoms with Crippen LogP contribution in [0.15, 0.2) is 6.07 Å². The van der Waals surface area contributed by atoms with E-state index in [9.17, 15) is 0 Å². The Bertz CT molecular complexity index is 378. The zero-order chi connectivity index (χ0) is 13.4. The molecule has 0 unspecified atom stereocenters. The number of anilines is 2. The van der Waals surface area contributed by atoms with Gasteiger partial charge < -0.3 is 20.1 Å². The van der Waals surface area contributed by atoms with Crippen LogP contribution in [0.5, 0.6) is 0 Å². The lowest BCUT2D eigenvalue weighted by molar-refractivity contribution is 0.0759. The van der Waals surface area contributed by atoms with E-state index in [2.05, 4.69) is 15.6 Å². The van der Waals surface area contributed by atoms with Crippen molar-refractivity contribution in [3.8, 4) is 0 Å². The summed E-state index contributed by atoms with van der Waals surface area (Å²) in [6.07, 6.45) is 0. The molecule has 0 aliphatic rings. The van der Waals surface area contributed by atoms with Gasteiger partial charge in [0.05, 0.1) is 29.9 Å². The highest BCUT2D eigenvalue weighted by Crippen LogP contribution is 2.28. The number of ether oxygens (including phenoxy) is 2. The van der Waals surface area contributed by atoms with E-state index >= 15 is 0 Å². The molecule has 0 atom stereocenters. The monoisotopic (exact) mass is 293 g/mol. The van der Waals surface area contributed by atoms with Crippen LogP contribution in [-0.4, -0.2) is 45.5 Å². The summed E-state index contributed by atoms with van der Waals surface area (Å²) in [5.74, 6) is 1.17. The summed E-state index contributed by atoms with van der Waals surface area (Å²) in [4.78, 5) is 4.26. The molecule has 0 bridgehead atoms. The van der Waals surface area contributed by atoms with Gasteiger partial charge in [-0.1, -0.05) is 23.2 Å². The van der Waals surface area contributed by atoms with Crippen LogP contribution in [0, 0.1) is 0 Å². The fourth-order valence-corrected chi connectivity index (χ4v) is 1.77. The summed E-state index contributed by atoms with van der Waals surface area (Å²) >= 11 is 12.0. The zero-order valence-corrected chi connectivity index (χ0v) is 11.9. The molecule has 0 aliphatic carbocycles. The lowest BCUT2D eigenvalue weighted by Crippen LogP contribution is -2.13. The van der Waals surface area contributed by atoms with E-state index in [0.717, 1.165) is 0 Å². The first-order valence-corrected chi connectivity index (χ1v) is 6.29. The summed E-state index contributed by atoms with van der Waals surface area (Å²) < 4.78 is 10.2. The highest BCUT2D eigenvalue weighted by molar-refractivity contribution is 6.37. The third kappa shape index (κ3) is 4.86. The van der Waals surface area contributed by atoms with Crippen molar-refractivity contribution in [2.75, 3.05) is 51.2 Å². The van der Waals surface area contributed by atoms with Crippen LogP contribution < -0.4 is 10.6 Å². The van der Waals surface area contributed by atoms with Crippen LogP contribution >= 0.6 is 23.2 Å². The minimum Gasteiger partial charge on any atom is -0.382 e. The first kappa shape index (κ1) is 15.3. The fourth-order valence-electron chi connectivity index (χ4n) is 1.25. The molecule has 0 radical (unpaired) electrons. The van der Waals surface area contributed by atoms with Crippen molar-refractivity contribution in [1.82, 2.24) is 4.98 Å². The molecular formula is C11H17Cl2N3O2. The van der Waals surface area contributed by atoms with Gasteiger partial charge >= 0.3 is 0 Å². The topological polar surface area (TPSA) is 55.4 Å². The highest BCUT2D eigenvalue weighted by Gasteiger charge is 2.07. The van der Waals surface area contributed by atoms with Gasteiger partial charge in [-0.15, -0.1) is 0 Å². The lowest BCUT2D eigenvalue weighted by Gasteiger charge is -2.10. The zero-order valence-electron chi connectivity index (χ0n) is 10.4. The molecule has 0 fully saturated rings. The lowest BCUT2D eigenvalue weighted by atomic mass is 10.4. The number of hydrogen-bond donors (Lipinski definition) is 2. The molecule has 2 N–H and O–H groups in total. The van der Waals surface area contributed by atoms with Crippen molar-refractivity contribution in [2.24, 2.45) is 0 Å². The molecule has 0 aliphatic heterocycles. The van der Waals surface area contributed by atoms with E-state index < -0.39 is 0 Å². The number of halogens is 2. The predicted molar refractivity (Wildman–Crippen MR) is 75.0 cm³/mol. The summed E-state index contributed by atoms with van der Waals surface area (Å²) in [6.45, 7) is 2.33. The molecule has 0 spiro atoms. The summed E-state index contributed by atoms with van der Waals surface area (Å²) in [7, 11) is 3.39. The molecule has 5 nitrogen and oxygen atoms in total. The molecule has 7 heteroatoms. The molecule has 0 amide bonds. The molecule has 1 heterocycles. The van der Waals surface area contributed by atoms with E-state index in [1.165, 1.54) is 0 Å². The Labute approximate surface area is 117 Å². The summed E-state index contributed by atoms with van der Waals surface area (Å²) in [5.41, 5.74) is 0. The van der Waals surface area contributed by atoms with Crippen LogP contribution in [-0.2, 0) is 9.47 Å². The number of nitrogens with zero attached hydrogens (tertiary/aromatic N) is 1. The smallest absolute Gasteiger partial charge is 0.147 e. The van der Waals surface area contributed by atoms with Gasteiger partial charge in [0.2, 0.25) is 0 Å². The van der Waals surface area contributed by atoms with Crippen molar-refractivity contribution >= 4 is 34.8 Å². The molecule has 102 valence electrons. The first-order valence-electron chi connectivity index (χ1n) is 5.53. The molecule has 0 saturated heterocycles. The van der Waals surface area contributed by atoms with E-state index in [0.29, 0.717) is 48.0 Å². The largest absolute Gasteiger partial charge is 0.382 e. The number of methoxy groups -OCH3 is 1. The Morgan fingerprint density at radius 3 is 2.56 bits per heavy atom. The van der Waals surface area contributed by atoms with E-state index in [1.807, 2.05) is 0 Å². The number of nitrogens with one attached hydrogen (secondary N) is 2. The maximum atomic E-state index is 6.02. The van der Waals surface area contributed by atoms with Crippen molar-refractivity contribution in [2.45, 2.75) is 0 Å². The van der Waals surface area contributed by atoms with Gasteiger partial charge in [0.1, 0.15) is 11.6 Å². The molecule has 1 rings (SSSR count). The molecule has 0 aromatic carbocycles. The SMILES string of the molecule is CNc1nc(NCCOCCOC)c(Cl)cc1Cl. The highest BCUT2D eigenvalue weighted by atomic mass is 35.5. The van der Waals surface area contributed by atoms with E-state index in [4.69, 9.17) is 32.7 Å². The third-order valence-corrected chi connectivity index (χ3v) is 2.71. The Morgan fingerprint density at radius 1 is 1.17 bits per heavy atom. The van der Waals surface area contributed by atoms with E-state index in [-0.39, 0.29) is 0 Å². The average molecular weight is 294 g/mol. The van der Waals surface area contributed by atoms with Gasteiger partial charge in [-0.05, 0) is 6.07 Å². The third-order valence-electron chi connectivity index (χ3n) is 2.14. The second-order valence-electron chi connectivity index (χ2n) is 3.43. The minimum absolute atomic E-state index is 0.482. The standard InChI is InChI=1S/C11H17Cl2N3O2/c1-14-10-8(12)7-9(13)11(16-10)15-3-4-18-6-5-17-2/h7H,3-6H2,1-2H3,(H2,14,15,16). The maximum Gasteiger partial charge on any atom is 0.147 e. The molecule has 1 aromatic heterocycles. The minimum atomic E-state index is 0.482. The number of rotatable bonds is 8. The van der Waals surface area contributed by atoms with Crippen LogP contribution in [0.3, 0.4) is 0 Å². The predicted octanol–water partition coefficient (Wildman–Crippen LogP) is 2.51. The molecule has 0 saturated carbocycles. The first-order chi connectivity index (χ1) is 8.69. The molecular weight excluding hydrogens is 277 g/mol. The second-order valence-corrected chi connectivity index (χ2v) is 4.25. The quantitative estimate of drug-likeness (QED) is 0.721. The van der Waals surface area contributed by atoms with Crippen molar-refractivity contribution in [1.29, 1.82) is 0 Å². The Balaban J connectivity index is 2.42. The van der Waals surface area contributed by atoms with Gasteiger partial charge in [-0.3, -0.25) is 0 Å². The Hall–Kier alpha value is -0.750. The summed E-state index contributed by atoms with van der Waals surface area (Å²) in [5, 5.41) is 6.95. The molecule has 1 aromatic rings. The van der Waals surface area contributed by atoms with Gasteiger partial charge in [0, 0.05) is 20.7 Å². The van der Waals surface area contributed by atoms with Crippen LogP contribution in [0.1, 0.15) is 0 Å². The van der Waals surface area contributed by atoms with Crippen molar-refractivity contribution < 1.29 is 9.47 Å². The fraction of sp³-hybridized carbons (Fsp3) is 0.545. The van der Waals surface area contributed by atoms with Crippen LogP contribution in [0.25, 0.3) is 0 Å². The van der Waals surface area contributed by atoms with Gasteiger partial charge in [0.15, 0.2) is 0 Å². The Kier molecular flexibility index (Phi) is 7.12. The average Bonchev–Trinajstić information content (AvgIpc) is 2.36. The molecule has 18 heavy (non-hydrogen) atoms. The Morgan fingerprint density at radius 2 is 1.89 bits per heavy atom. The van der Waals surface area contributed by atoms with Crippen molar-refractivity contribution in [3.05, 3.63) is 16.1 Å². The van der Waals surface area contributed by atoms with E-state index in [1.54, 1.807) is 20.2 Å².